The number of rotatable bonds is 4. The van der Waals surface area contributed by atoms with E-state index in [2.05, 4.69) is 11.4 Å². The molecule has 0 aliphatic heterocycles. The maximum absolute atomic E-state index is 13.7. The fraction of sp³-hybridized carbons (Fsp3) is 0.267. The average Bonchev–Trinajstić information content (AvgIpc) is 3.13. The fourth-order valence-corrected chi connectivity index (χ4v) is 2.76. The van der Waals surface area contributed by atoms with Crippen LogP contribution in [0, 0.1) is 17.1 Å². The van der Waals surface area contributed by atoms with E-state index in [4.69, 9.17) is 5.26 Å². The zero-order valence-corrected chi connectivity index (χ0v) is 11.1. The molecule has 1 aliphatic rings. The van der Waals surface area contributed by atoms with Crippen LogP contribution in [0.25, 0.3) is 10.4 Å². The van der Waals surface area contributed by atoms with E-state index >= 15 is 0 Å². The van der Waals surface area contributed by atoms with Crippen LogP contribution in [0.15, 0.2) is 30.3 Å². The molecule has 4 heteroatoms. The Hall–Kier alpha value is -1.70. The molecule has 0 atom stereocenters. The molecule has 1 aromatic carbocycles. The Morgan fingerprint density at radius 2 is 2.16 bits per heavy atom. The lowest BCUT2D eigenvalue weighted by Crippen LogP contribution is -2.16. The Bertz CT molecular complexity index is 638. The molecule has 0 radical (unpaired) electrons. The van der Waals surface area contributed by atoms with E-state index in [1.165, 1.54) is 30.2 Å². The Morgan fingerprint density at radius 1 is 1.32 bits per heavy atom. The van der Waals surface area contributed by atoms with Gasteiger partial charge in [-0.15, -0.1) is 11.3 Å². The molecular formula is C15H13FN2S. The minimum atomic E-state index is -0.172. The van der Waals surface area contributed by atoms with Crippen LogP contribution in [0.3, 0.4) is 0 Å². The molecule has 19 heavy (non-hydrogen) atoms. The van der Waals surface area contributed by atoms with Gasteiger partial charge < -0.3 is 5.32 Å². The second kappa shape index (κ2) is 5.12. The predicted octanol–water partition coefficient (Wildman–Crippen LogP) is 3.68. The van der Waals surface area contributed by atoms with Crippen molar-refractivity contribution in [3.63, 3.8) is 0 Å². The standard InChI is InChI=1S/C15H13FN2S/c16-14-5-1-10(15-6-4-13(8-17)19-15)7-11(14)9-18-12-2-3-12/h1,4-7,12,18H,2-3,9H2. The number of halogens is 1. The first-order chi connectivity index (χ1) is 9.26. The summed E-state index contributed by atoms with van der Waals surface area (Å²) in [7, 11) is 0. The molecular weight excluding hydrogens is 259 g/mol. The molecule has 3 rings (SSSR count). The number of hydrogen-bond acceptors (Lipinski definition) is 3. The summed E-state index contributed by atoms with van der Waals surface area (Å²) in [6, 6.07) is 11.5. The van der Waals surface area contributed by atoms with Gasteiger partial charge in [-0.25, -0.2) is 4.39 Å². The van der Waals surface area contributed by atoms with Crippen molar-refractivity contribution in [1.29, 1.82) is 5.26 Å². The van der Waals surface area contributed by atoms with Gasteiger partial charge in [0.15, 0.2) is 0 Å². The molecule has 0 spiro atoms. The van der Waals surface area contributed by atoms with Gasteiger partial charge in [-0.05, 0) is 42.7 Å². The minimum absolute atomic E-state index is 0.172. The minimum Gasteiger partial charge on any atom is -0.310 e. The van der Waals surface area contributed by atoms with Crippen LogP contribution in [0.1, 0.15) is 23.3 Å². The van der Waals surface area contributed by atoms with Gasteiger partial charge in [0, 0.05) is 23.0 Å². The summed E-state index contributed by atoms with van der Waals surface area (Å²) in [6.07, 6.45) is 2.38. The molecule has 2 aromatic rings. The Kier molecular flexibility index (Phi) is 3.33. The van der Waals surface area contributed by atoms with E-state index in [1.54, 1.807) is 12.1 Å². The van der Waals surface area contributed by atoms with Crippen molar-refractivity contribution in [3.05, 3.63) is 46.6 Å². The van der Waals surface area contributed by atoms with Gasteiger partial charge in [0.25, 0.3) is 0 Å². The monoisotopic (exact) mass is 272 g/mol. The summed E-state index contributed by atoms with van der Waals surface area (Å²) in [4.78, 5) is 1.68. The van der Waals surface area contributed by atoms with Crippen LogP contribution in [-0.2, 0) is 6.54 Å². The molecule has 0 amide bonds. The number of thiophene rings is 1. The van der Waals surface area contributed by atoms with Crippen LogP contribution >= 0.6 is 11.3 Å². The van der Waals surface area contributed by atoms with E-state index in [1.807, 2.05) is 12.1 Å². The molecule has 2 nitrogen and oxygen atoms in total. The highest BCUT2D eigenvalue weighted by atomic mass is 32.1. The molecule has 1 heterocycles. The third-order valence-electron chi connectivity index (χ3n) is 3.20. The second-order valence-corrected chi connectivity index (χ2v) is 5.82. The number of benzene rings is 1. The SMILES string of the molecule is N#Cc1ccc(-c2ccc(F)c(CNC3CC3)c2)s1. The third-order valence-corrected chi connectivity index (χ3v) is 4.24. The fourth-order valence-electron chi connectivity index (χ4n) is 1.96. The van der Waals surface area contributed by atoms with Crippen LogP contribution in [-0.4, -0.2) is 6.04 Å². The largest absolute Gasteiger partial charge is 0.310 e. The zero-order chi connectivity index (χ0) is 13.2. The van der Waals surface area contributed by atoms with E-state index < -0.39 is 0 Å². The van der Waals surface area contributed by atoms with Gasteiger partial charge in [0.05, 0.1) is 0 Å². The first-order valence-electron chi connectivity index (χ1n) is 6.28. The number of hydrogen-bond donors (Lipinski definition) is 1. The lowest BCUT2D eigenvalue weighted by molar-refractivity contribution is 0.587. The molecule has 96 valence electrons. The van der Waals surface area contributed by atoms with Gasteiger partial charge in [-0.1, -0.05) is 6.07 Å². The van der Waals surface area contributed by atoms with Crippen molar-refractivity contribution >= 4 is 11.3 Å². The summed E-state index contributed by atoms with van der Waals surface area (Å²) in [5.41, 5.74) is 1.66. The van der Waals surface area contributed by atoms with Gasteiger partial charge in [0.1, 0.15) is 16.8 Å². The lowest BCUT2D eigenvalue weighted by atomic mass is 10.1. The first-order valence-corrected chi connectivity index (χ1v) is 7.10. The number of nitrogens with one attached hydrogen (secondary N) is 1. The summed E-state index contributed by atoms with van der Waals surface area (Å²) in [5.74, 6) is -0.172. The Balaban J connectivity index is 1.85. The summed E-state index contributed by atoms with van der Waals surface area (Å²) >= 11 is 1.43. The van der Waals surface area contributed by atoms with Gasteiger partial charge in [-0.2, -0.15) is 5.26 Å². The quantitative estimate of drug-likeness (QED) is 0.921. The van der Waals surface area contributed by atoms with Crippen molar-refractivity contribution in [3.8, 4) is 16.5 Å². The lowest BCUT2D eigenvalue weighted by Gasteiger charge is -2.07. The highest BCUT2D eigenvalue weighted by molar-refractivity contribution is 7.16. The van der Waals surface area contributed by atoms with Crippen molar-refractivity contribution in [2.75, 3.05) is 0 Å². The van der Waals surface area contributed by atoms with Crippen molar-refractivity contribution in [2.24, 2.45) is 0 Å². The molecule has 1 N–H and O–H groups in total. The summed E-state index contributed by atoms with van der Waals surface area (Å²) < 4.78 is 13.7. The topological polar surface area (TPSA) is 35.8 Å². The van der Waals surface area contributed by atoms with Crippen molar-refractivity contribution < 1.29 is 4.39 Å². The molecule has 1 fully saturated rings. The van der Waals surface area contributed by atoms with E-state index in [0.717, 1.165) is 10.4 Å². The zero-order valence-electron chi connectivity index (χ0n) is 10.3. The van der Waals surface area contributed by atoms with E-state index in [9.17, 15) is 4.39 Å². The van der Waals surface area contributed by atoms with Crippen LogP contribution in [0.5, 0.6) is 0 Å². The molecule has 0 bridgehead atoms. The molecule has 1 aliphatic carbocycles. The molecule has 1 saturated carbocycles. The number of nitrogens with zero attached hydrogens (tertiary/aromatic N) is 1. The van der Waals surface area contributed by atoms with E-state index in [0.29, 0.717) is 23.0 Å². The smallest absolute Gasteiger partial charge is 0.127 e. The highest BCUT2D eigenvalue weighted by Gasteiger charge is 2.20. The molecule has 1 aromatic heterocycles. The Morgan fingerprint density at radius 3 is 2.84 bits per heavy atom. The van der Waals surface area contributed by atoms with Crippen LogP contribution < -0.4 is 5.32 Å². The maximum atomic E-state index is 13.7. The van der Waals surface area contributed by atoms with Crippen molar-refractivity contribution in [2.45, 2.75) is 25.4 Å². The highest BCUT2D eigenvalue weighted by Crippen LogP contribution is 2.29. The maximum Gasteiger partial charge on any atom is 0.127 e. The van der Waals surface area contributed by atoms with E-state index in [-0.39, 0.29) is 5.82 Å². The molecule has 0 unspecified atom stereocenters. The number of nitriles is 1. The van der Waals surface area contributed by atoms with Crippen LogP contribution in [0.4, 0.5) is 4.39 Å². The predicted molar refractivity (Wildman–Crippen MR) is 74.3 cm³/mol. The average molecular weight is 272 g/mol. The van der Waals surface area contributed by atoms with Gasteiger partial charge in [-0.3, -0.25) is 0 Å². The van der Waals surface area contributed by atoms with Gasteiger partial charge >= 0.3 is 0 Å². The first kappa shape index (κ1) is 12.3. The Labute approximate surface area is 115 Å². The third kappa shape index (κ3) is 2.83. The second-order valence-electron chi connectivity index (χ2n) is 4.74. The summed E-state index contributed by atoms with van der Waals surface area (Å²) in [5, 5.41) is 12.2. The van der Waals surface area contributed by atoms with Gasteiger partial charge in [0.2, 0.25) is 0 Å². The van der Waals surface area contributed by atoms with Crippen molar-refractivity contribution in [1.82, 2.24) is 5.32 Å². The summed E-state index contributed by atoms with van der Waals surface area (Å²) in [6.45, 7) is 0.570. The van der Waals surface area contributed by atoms with Crippen LogP contribution in [0.2, 0.25) is 0 Å². The molecule has 0 saturated heterocycles. The normalized spacial score (nSPS) is 14.3.